The van der Waals surface area contributed by atoms with E-state index in [1.807, 2.05) is 41.4 Å². The Bertz CT molecular complexity index is 853. The van der Waals surface area contributed by atoms with Crippen molar-refractivity contribution in [1.29, 1.82) is 0 Å². The molecule has 3 heterocycles. The van der Waals surface area contributed by atoms with Crippen molar-refractivity contribution in [3.05, 3.63) is 53.3 Å². The van der Waals surface area contributed by atoms with Crippen molar-refractivity contribution in [1.82, 2.24) is 14.9 Å². The second kappa shape index (κ2) is 6.60. The van der Waals surface area contributed by atoms with E-state index >= 15 is 0 Å². The maximum Gasteiger partial charge on any atom is 0.253 e. The Kier molecular flexibility index (Phi) is 4.08. The van der Waals surface area contributed by atoms with Gasteiger partial charge in [-0.1, -0.05) is 18.2 Å². The third-order valence-electron chi connectivity index (χ3n) is 5.91. The van der Waals surface area contributed by atoms with Crippen LogP contribution in [0.2, 0.25) is 0 Å². The topological polar surface area (TPSA) is 67.4 Å². The molecule has 140 valence electrons. The van der Waals surface area contributed by atoms with E-state index in [9.17, 15) is 4.79 Å². The molecule has 1 aromatic carbocycles. The monoisotopic (exact) mass is 364 g/mol. The molecular formula is C21H24N4O2. The highest BCUT2D eigenvalue weighted by atomic mass is 16.5. The van der Waals surface area contributed by atoms with E-state index < -0.39 is 0 Å². The molecule has 0 unspecified atom stereocenters. The van der Waals surface area contributed by atoms with E-state index in [1.165, 1.54) is 12.8 Å². The number of nitrogens with zero attached hydrogens (tertiary/aromatic N) is 3. The van der Waals surface area contributed by atoms with Gasteiger partial charge < -0.3 is 15.0 Å². The lowest BCUT2D eigenvalue weighted by Gasteiger charge is -2.34. The molecule has 5 rings (SSSR count). The van der Waals surface area contributed by atoms with Crippen LogP contribution >= 0.6 is 0 Å². The van der Waals surface area contributed by atoms with Gasteiger partial charge in [0.2, 0.25) is 5.95 Å². The number of rotatable bonds is 4. The largest absolute Gasteiger partial charge is 0.376 e. The molecule has 0 radical (unpaired) electrons. The molecule has 2 fully saturated rings. The van der Waals surface area contributed by atoms with Crippen LogP contribution in [0.15, 0.2) is 36.5 Å². The van der Waals surface area contributed by atoms with Gasteiger partial charge in [0.15, 0.2) is 0 Å². The number of fused-ring (bicyclic) bond motifs is 2. The molecule has 6 nitrogen and oxygen atoms in total. The van der Waals surface area contributed by atoms with Crippen molar-refractivity contribution >= 4 is 11.9 Å². The zero-order valence-corrected chi connectivity index (χ0v) is 15.4. The summed E-state index contributed by atoms with van der Waals surface area (Å²) in [5.74, 6) is 1.56. The van der Waals surface area contributed by atoms with Crippen LogP contribution in [-0.2, 0) is 16.8 Å². The number of ether oxygens (including phenoxy) is 1. The van der Waals surface area contributed by atoms with Gasteiger partial charge in [0, 0.05) is 37.0 Å². The van der Waals surface area contributed by atoms with Gasteiger partial charge in [-0.3, -0.25) is 4.79 Å². The van der Waals surface area contributed by atoms with Gasteiger partial charge >= 0.3 is 0 Å². The number of hydrogen-bond acceptors (Lipinski definition) is 5. The van der Waals surface area contributed by atoms with Gasteiger partial charge in [-0.05, 0) is 37.3 Å². The highest BCUT2D eigenvalue weighted by Gasteiger charge is 2.46. The summed E-state index contributed by atoms with van der Waals surface area (Å²) in [5, 5.41) is 3.38. The quantitative estimate of drug-likeness (QED) is 0.903. The van der Waals surface area contributed by atoms with Crippen LogP contribution in [0.4, 0.5) is 5.95 Å². The zero-order chi connectivity index (χ0) is 18.3. The van der Waals surface area contributed by atoms with Crippen molar-refractivity contribution in [3.8, 4) is 0 Å². The second-order valence-corrected chi connectivity index (χ2v) is 8.01. The molecule has 1 aromatic heterocycles. The molecule has 1 spiro atoms. The lowest BCUT2D eigenvalue weighted by Crippen LogP contribution is -2.41. The molecule has 1 atom stereocenters. The van der Waals surface area contributed by atoms with Gasteiger partial charge in [0.05, 0.1) is 24.3 Å². The lowest BCUT2D eigenvalue weighted by atomic mass is 9.80. The molecule has 1 aliphatic carbocycles. The molecule has 1 N–H and O–H groups in total. The van der Waals surface area contributed by atoms with Crippen molar-refractivity contribution in [2.24, 2.45) is 5.92 Å². The van der Waals surface area contributed by atoms with Gasteiger partial charge in [-0.2, -0.15) is 0 Å². The van der Waals surface area contributed by atoms with E-state index in [0.29, 0.717) is 25.7 Å². The first kappa shape index (κ1) is 16.7. The van der Waals surface area contributed by atoms with Crippen LogP contribution in [0.3, 0.4) is 0 Å². The Labute approximate surface area is 159 Å². The molecule has 3 aliphatic rings. The fourth-order valence-corrected chi connectivity index (χ4v) is 4.16. The van der Waals surface area contributed by atoms with Gasteiger partial charge in [-0.25, -0.2) is 9.97 Å². The average molecular weight is 364 g/mol. The predicted molar refractivity (Wildman–Crippen MR) is 102 cm³/mol. The van der Waals surface area contributed by atoms with Gasteiger partial charge in [0.1, 0.15) is 0 Å². The number of nitrogens with one attached hydrogen (secondary N) is 1. The first-order valence-electron chi connectivity index (χ1n) is 9.76. The van der Waals surface area contributed by atoms with Crippen molar-refractivity contribution in [2.75, 3.05) is 31.6 Å². The third-order valence-corrected chi connectivity index (χ3v) is 5.91. The van der Waals surface area contributed by atoms with Crippen LogP contribution < -0.4 is 5.32 Å². The van der Waals surface area contributed by atoms with Crippen molar-refractivity contribution in [2.45, 2.75) is 31.3 Å². The highest BCUT2D eigenvalue weighted by Crippen LogP contribution is 2.39. The second-order valence-electron chi connectivity index (χ2n) is 8.01. The standard InChI is InChI=1S/C21H24N4O2/c26-19(16-4-2-1-3-5-16)25-9-8-21(13-25)14-27-12-17-11-23-20(24-18(17)21)22-10-15-6-7-15/h1-5,11,15H,6-10,12-14H2,(H,22,23,24)/t21-/m0/s1. The van der Waals surface area contributed by atoms with Gasteiger partial charge in [-0.15, -0.1) is 0 Å². The van der Waals surface area contributed by atoms with Crippen LogP contribution in [0.5, 0.6) is 0 Å². The van der Waals surface area contributed by atoms with Gasteiger partial charge in [0.25, 0.3) is 5.91 Å². The fourth-order valence-electron chi connectivity index (χ4n) is 4.16. The molecule has 1 saturated carbocycles. The molecule has 2 aromatic rings. The Balaban J connectivity index is 1.39. The number of hydrogen-bond donors (Lipinski definition) is 1. The van der Waals surface area contributed by atoms with E-state index in [0.717, 1.165) is 42.2 Å². The minimum Gasteiger partial charge on any atom is -0.376 e. The number of amides is 1. The number of carbonyl (C=O) groups excluding carboxylic acids is 1. The summed E-state index contributed by atoms with van der Waals surface area (Å²) in [4.78, 5) is 24.2. The van der Waals surface area contributed by atoms with Crippen molar-refractivity contribution in [3.63, 3.8) is 0 Å². The van der Waals surface area contributed by atoms with Crippen LogP contribution in [0, 0.1) is 5.92 Å². The number of anilines is 1. The Morgan fingerprint density at radius 2 is 2.15 bits per heavy atom. The number of aromatic nitrogens is 2. The third kappa shape index (κ3) is 3.18. The first-order chi connectivity index (χ1) is 13.2. The normalized spacial score (nSPS) is 24.1. The number of likely N-dealkylation sites (tertiary alicyclic amines) is 1. The van der Waals surface area contributed by atoms with Crippen molar-refractivity contribution < 1.29 is 9.53 Å². The minimum absolute atomic E-state index is 0.0840. The molecule has 1 saturated heterocycles. The summed E-state index contributed by atoms with van der Waals surface area (Å²) in [6.45, 7) is 3.48. The number of carbonyl (C=O) groups is 1. The summed E-state index contributed by atoms with van der Waals surface area (Å²) < 4.78 is 5.88. The maximum atomic E-state index is 12.9. The molecule has 6 heteroatoms. The van der Waals surface area contributed by atoms with E-state index in [4.69, 9.17) is 9.72 Å². The SMILES string of the molecule is O=C(c1ccccc1)N1CC[C@@]2(COCc3cnc(NCC4CC4)nc32)C1. The summed E-state index contributed by atoms with van der Waals surface area (Å²) in [5.41, 5.74) is 2.62. The molecule has 0 bridgehead atoms. The highest BCUT2D eigenvalue weighted by molar-refractivity contribution is 5.94. The molecule has 27 heavy (non-hydrogen) atoms. The molecular weight excluding hydrogens is 340 g/mol. The lowest BCUT2D eigenvalue weighted by molar-refractivity contribution is 0.0485. The maximum absolute atomic E-state index is 12.9. The summed E-state index contributed by atoms with van der Waals surface area (Å²) >= 11 is 0. The number of benzene rings is 1. The summed E-state index contributed by atoms with van der Waals surface area (Å²) in [6.07, 6.45) is 5.36. The van der Waals surface area contributed by atoms with E-state index in [-0.39, 0.29) is 11.3 Å². The Hall–Kier alpha value is -2.47. The smallest absolute Gasteiger partial charge is 0.253 e. The summed E-state index contributed by atoms with van der Waals surface area (Å²) in [7, 11) is 0. The van der Waals surface area contributed by atoms with E-state index in [2.05, 4.69) is 10.3 Å². The Morgan fingerprint density at radius 3 is 2.96 bits per heavy atom. The fraction of sp³-hybridized carbons (Fsp3) is 0.476. The summed E-state index contributed by atoms with van der Waals surface area (Å²) in [6, 6.07) is 9.49. The van der Waals surface area contributed by atoms with Crippen LogP contribution in [0.25, 0.3) is 0 Å². The predicted octanol–water partition coefficient (Wildman–Crippen LogP) is 2.61. The minimum atomic E-state index is -0.225. The Morgan fingerprint density at radius 1 is 1.30 bits per heavy atom. The first-order valence-corrected chi connectivity index (χ1v) is 9.76. The van der Waals surface area contributed by atoms with E-state index in [1.54, 1.807) is 0 Å². The molecule has 2 aliphatic heterocycles. The average Bonchev–Trinajstić information content (AvgIpc) is 3.46. The van der Waals surface area contributed by atoms with Crippen LogP contribution in [0.1, 0.15) is 40.9 Å². The molecule has 1 amide bonds. The van der Waals surface area contributed by atoms with Crippen LogP contribution in [-0.4, -0.2) is 47.0 Å². The zero-order valence-electron chi connectivity index (χ0n) is 15.4.